The summed E-state index contributed by atoms with van der Waals surface area (Å²) in [6, 6.07) is 22.7. The van der Waals surface area contributed by atoms with E-state index < -0.39 is 8.07 Å². The third-order valence-corrected chi connectivity index (χ3v) is 7.75. The van der Waals surface area contributed by atoms with Gasteiger partial charge < -0.3 is 4.90 Å². The van der Waals surface area contributed by atoms with E-state index in [0.717, 1.165) is 16.4 Å². The van der Waals surface area contributed by atoms with Gasteiger partial charge in [0.15, 0.2) is 5.78 Å². The Bertz CT molecular complexity index is 1000. The van der Waals surface area contributed by atoms with Crippen LogP contribution < -0.4 is 10.2 Å². The Morgan fingerprint density at radius 2 is 1.41 bits per heavy atom. The maximum Gasteiger partial charge on any atom is 0.159 e. The van der Waals surface area contributed by atoms with Crippen molar-refractivity contribution >= 4 is 30.4 Å². The molecule has 0 atom stereocenters. The van der Waals surface area contributed by atoms with Gasteiger partial charge in [0.05, 0.1) is 0 Å². The number of Topliss-reactive ketones (excluding diaryl/α,β-unsaturated/α-hetero) is 1. The first kappa shape index (κ1) is 20.7. The van der Waals surface area contributed by atoms with Crippen LogP contribution in [0, 0.1) is 0 Å². The van der Waals surface area contributed by atoms with Gasteiger partial charge in [0.25, 0.3) is 0 Å². The molecule has 29 heavy (non-hydrogen) atoms. The number of anilines is 1. The monoisotopic (exact) mass is 400 g/mol. The van der Waals surface area contributed by atoms with Crippen molar-refractivity contribution < 1.29 is 4.79 Å². The number of hydrogen-bond donors (Lipinski definition) is 0. The largest absolute Gasteiger partial charge is 0.378 e. The number of hydrogen-bond acceptors (Lipinski definition) is 3. The third-order valence-electron chi connectivity index (χ3n) is 5.13. The summed E-state index contributed by atoms with van der Waals surface area (Å²) < 4.78 is 0. The van der Waals surface area contributed by atoms with Crippen LogP contribution in [0.4, 0.5) is 5.69 Å². The van der Waals surface area contributed by atoms with Crippen molar-refractivity contribution in [3.05, 3.63) is 95.3 Å². The van der Waals surface area contributed by atoms with E-state index >= 15 is 0 Å². The highest BCUT2D eigenvalue weighted by atomic mass is 28.3. The Balaban J connectivity index is 2.11. The maximum absolute atomic E-state index is 11.7. The molecule has 1 aromatic heterocycles. The lowest BCUT2D eigenvalue weighted by molar-refractivity contribution is 0.101. The van der Waals surface area contributed by atoms with E-state index in [0.29, 0.717) is 0 Å². The van der Waals surface area contributed by atoms with Gasteiger partial charge >= 0.3 is 0 Å². The molecular weight excluding hydrogens is 372 g/mol. The summed E-state index contributed by atoms with van der Waals surface area (Å²) in [7, 11) is 2.16. The molecule has 0 saturated heterocycles. The van der Waals surface area contributed by atoms with Crippen molar-refractivity contribution in [3.8, 4) is 0 Å². The average Bonchev–Trinajstić information content (AvgIpc) is 2.73. The standard InChI is InChI=1S/C25H28N2OSi/c1-19(28)20-9-11-21(12-10-20)24(22-13-15-23(16-14-22)27(2)3)18-29(4,5)25-8-6-7-17-26-25/h6-18H,1-5H3/b24-18+. The summed E-state index contributed by atoms with van der Waals surface area (Å²) >= 11 is 0. The predicted octanol–water partition coefficient (Wildman–Crippen LogP) is 4.94. The fourth-order valence-corrected chi connectivity index (χ4v) is 5.47. The molecule has 0 fully saturated rings. The lowest BCUT2D eigenvalue weighted by atomic mass is 9.97. The number of carbonyl (C=O) groups excluding carboxylic acids is 1. The number of benzene rings is 2. The van der Waals surface area contributed by atoms with Crippen LogP contribution in [0.25, 0.3) is 5.57 Å². The van der Waals surface area contributed by atoms with Crippen LogP contribution in [0.1, 0.15) is 28.4 Å². The predicted molar refractivity (Wildman–Crippen MR) is 126 cm³/mol. The fourth-order valence-electron chi connectivity index (χ4n) is 3.34. The Labute approximate surface area is 174 Å². The molecule has 0 bridgehead atoms. The highest BCUT2D eigenvalue weighted by Gasteiger charge is 2.24. The van der Waals surface area contributed by atoms with E-state index in [2.05, 4.69) is 65.1 Å². The lowest BCUT2D eigenvalue weighted by Crippen LogP contribution is -2.41. The zero-order valence-electron chi connectivity index (χ0n) is 17.8. The summed E-state index contributed by atoms with van der Waals surface area (Å²) in [6.07, 6.45) is 1.87. The van der Waals surface area contributed by atoms with Gasteiger partial charge in [-0.05, 0) is 47.9 Å². The van der Waals surface area contributed by atoms with Crippen molar-refractivity contribution in [2.45, 2.75) is 20.0 Å². The van der Waals surface area contributed by atoms with Gasteiger partial charge in [-0.2, -0.15) is 0 Å². The molecule has 0 amide bonds. The molecule has 148 valence electrons. The molecule has 0 aliphatic heterocycles. The van der Waals surface area contributed by atoms with Gasteiger partial charge in [0, 0.05) is 36.9 Å². The quantitative estimate of drug-likeness (QED) is 0.434. The van der Waals surface area contributed by atoms with E-state index in [-0.39, 0.29) is 5.78 Å². The normalized spacial score (nSPS) is 12.0. The first-order valence-corrected chi connectivity index (χ1v) is 12.9. The van der Waals surface area contributed by atoms with Gasteiger partial charge in [-0.25, -0.2) is 0 Å². The minimum atomic E-state index is -1.93. The van der Waals surface area contributed by atoms with Gasteiger partial charge in [0.2, 0.25) is 0 Å². The summed E-state index contributed by atoms with van der Waals surface area (Å²) in [5.74, 6) is 0.0839. The topological polar surface area (TPSA) is 33.2 Å². The smallest absolute Gasteiger partial charge is 0.159 e. The second-order valence-corrected chi connectivity index (χ2v) is 12.3. The van der Waals surface area contributed by atoms with E-state index in [9.17, 15) is 4.79 Å². The van der Waals surface area contributed by atoms with E-state index in [1.54, 1.807) is 6.92 Å². The minimum Gasteiger partial charge on any atom is -0.378 e. The van der Waals surface area contributed by atoms with E-state index in [1.807, 2.05) is 50.6 Å². The Hall–Kier alpha value is -2.98. The molecule has 4 heteroatoms. The summed E-state index contributed by atoms with van der Waals surface area (Å²) in [6.45, 7) is 6.23. The van der Waals surface area contributed by atoms with Crippen LogP contribution in [-0.2, 0) is 0 Å². The molecule has 0 aliphatic carbocycles. The lowest BCUT2D eigenvalue weighted by Gasteiger charge is -2.21. The van der Waals surface area contributed by atoms with Crippen molar-refractivity contribution in [1.82, 2.24) is 4.98 Å². The SMILES string of the molecule is CC(=O)c1ccc(/C(=C\[Si](C)(C)c2ccccn2)c2ccc(N(C)C)cc2)cc1. The number of aromatic nitrogens is 1. The highest BCUT2D eigenvalue weighted by Crippen LogP contribution is 2.28. The van der Waals surface area contributed by atoms with Crippen LogP contribution in [-0.4, -0.2) is 32.9 Å². The molecule has 3 rings (SSSR count). The molecule has 0 aliphatic rings. The Morgan fingerprint density at radius 1 is 0.862 bits per heavy atom. The van der Waals surface area contributed by atoms with Crippen LogP contribution >= 0.6 is 0 Å². The van der Waals surface area contributed by atoms with Crippen molar-refractivity contribution in [2.75, 3.05) is 19.0 Å². The molecule has 0 unspecified atom stereocenters. The molecule has 0 N–H and O–H groups in total. The van der Waals surface area contributed by atoms with Gasteiger partial charge in [-0.3, -0.25) is 9.78 Å². The van der Waals surface area contributed by atoms with Crippen LogP contribution in [0.3, 0.4) is 0 Å². The highest BCUT2D eigenvalue weighted by molar-refractivity contribution is 6.94. The fraction of sp³-hybridized carbons (Fsp3) is 0.200. The molecule has 3 aromatic rings. The van der Waals surface area contributed by atoms with E-state index in [4.69, 9.17) is 0 Å². The summed E-state index contributed by atoms with van der Waals surface area (Å²) in [4.78, 5) is 18.4. The second-order valence-electron chi connectivity index (χ2n) is 8.07. The van der Waals surface area contributed by atoms with Gasteiger partial charge in [0.1, 0.15) is 8.07 Å². The first-order valence-electron chi connectivity index (χ1n) is 9.81. The van der Waals surface area contributed by atoms with Gasteiger partial charge in [-0.15, -0.1) is 0 Å². The Morgan fingerprint density at radius 3 is 1.90 bits per heavy atom. The van der Waals surface area contributed by atoms with Crippen LogP contribution in [0.2, 0.25) is 13.1 Å². The number of pyridine rings is 1. The molecule has 0 spiro atoms. The third kappa shape index (κ3) is 4.90. The first-order chi connectivity index (χ1) is 13.8. The van der Waals surface area contributed by atoms with Crippen molar-refractivity contribution in [1.29, 1.82) is 0 Å². The summed E-state index contributed by atoms with van der Waals surface area (Å²) in [5, 5.41) is 1.16. The Kier molecular flexibility index (Phi) is 6.14. The van der Waals surface area contributed by atoms with E-state index in [1.165, 1.54) is 16.8 Å². The molecule has 3 nitrogen and oxygen atoms in total. The van der Waals surface area contributed by atoms with Crippen LogP contribution in [0.15, 0.2) is 78.6 Å². The van der Waals surface area contributed by atoms with Crippen LogP contribution in [0.5, 0.6) is 0 Å². The molecular formula is C25H28N2OSi. The molecule has 0 radical (unpaired) electrons. The summed E-state index contributed by atoms with van der Waals surface area (Å²) in [5.41, 5.74) is 7.78. The minimum absolute atomic E-state index is 0.0839. The molecule has 1 heterocycles. The van der Waals surface area contributed by atoms with Gasteiger partial charge in [-0.1, -0.05) is 61.3 Å². The molecule has 0 saturated carbocycles. The second kappa shape index (κ2) is 8.58. The zero-order valence-corrected chi connectivity index (χ0v) is 18.8. The maximum atomic E-state index is 11.7. The van der Waals surface area contributed by atoms with Crippen molar-refractivity contribution in [3.63, 3.8) is 0 Å². The number of carbonyl (C=O) groups is 1. The zero-order chi connectivity index (χ0) is 21.0. The number of nitrogens with zero attached hydrogens (tertiary/aromatic N) is 2. The number of rotatable bonds is 6. The van der Waals surface area contributed by atoms with Crippen molar-refractivity contribution in [2.24, 2.45) is 0 Å². The number of ketones is 1. The average molecular weight is 401 g/mol. The molecule has 2 aromatic carbocycles.